The van der Waals surface area contributed by atoms with Crippen molar-refractivity contribution in [1.29, 1.82) is 5.26 Å². The number of hydrogen-bond donors (Lipinski definition) is 1. The fourth-order valence-electron chi connectivity index (χ4n) is 2.20. The van der Waals surface area contributed by atoms with E-state index in [0.717, 1.165) is 5.56 Å². The smallest absolute Gasteiger partial charge is 0.340 e. The molecule has 132 valence electrons. The summed E-state index contributed by atoms with van der Waals surface area (Å²) in [7, 11) is -4.16. The van der Waals surface area contributed by atoms with Crippen LogP contribution in [0, 0.1) is 25.2 Å². The summed E-state index contributed by atoms with van der Waals surface area (Å²) in [6.07, 6.45) is 0.469. The largest absolute Gasteiger partial charge is 0.493 e. The second-order valence-corrected chi connectivity index (χ2v) is 7.07. The summed E-state index contributed by atoms with van der Waals surface area (Å²) in [5, 5.41) is 17.9. The van der Waals surface area contributed by atoms with Gasteiger partial charge < -0.3 is 14.0 Å². The van der Waals surface area contributed by atoms with Crippen LogP contribution in [0.15, 0.2) is 41.3 Å². The number of aliphatic hydroxyl groups excluding tert-OH is 1. The molecule has 0 aliphatic rings. The molecular weight excluding hydrogens is 342 g/mol. The van der Waals surface area contributed by atoms with Crippen LogP contribution in [-0.2, 0) is 10.1 Å². The van der Waals surface area contributed by atoms with Gasteiger partial charge in [0.1, 0.15) is 22.5 Å². The molecular formula is C18H19NO5S. The van der Waals surface area contributed by atoms with Gasteiger partial charge in [0.05, 0.1) is 12.2 Å². The minimum atomic E-state index is -4.16. The maximum absolute atomic E-state index is 12.6. The van der Waals surface area contributed by atoms with Gasteiger partial charge in [-0.25, -0.2) is 0 Å². The molecule has 6 nitrogen and oxygen atoms in total. The van der Waals surface area contributed by atoms with Crippen molar-refractivity contribution in [1.82, 2.24) is 0 Å². The number of benzene rings is 2. The number of ether oxygens (including phenoxy) is 1. The molecule has 0 saturated heterocycles. The lowest BCUT2D eigenvalue weighted by Gasteiger charge is -2.12. The van der Waals surface area contributed by atoms with E-state index in [1.807, 2.05) is 6.07 Å². The standard InChI is InChI=1S/C18H19NO5S/c1-13-4-5-15(12-19)18(10-13)25(21,22)24-17-9-14(2)8-16(11-17)23-7-3-6-20/h4-5,8-11,20H,3,6-7H2,1-2H3. The second kappa shape index (κ2) is 8.01. The third kappa shape index (κ3) is 4.95. The Hall–Kier alpha value is -2.56. The van der Waals surface area contributed by atoms with Crippen molar-refractivity contribution >= 4 is 10.1 Å². The summed E-state index contributed by atoms with van der Waals surface area (Å²) in [5.41, 5.74) is 1.49. The highest BCUT2D eigenvalue weighted by atomic mass is 32.2. The maximum Gasteiger partial charge on any atom is 0.340 e. The molecule has 0 spiro atoms. The summed E-state index contributed by atoms with van der Waals surface area (Å²) in [6, 6.07) is 11.2. The van der Waals surface area contributed by atoms with Gasteiger partial charge in [0.2, 0.25) is 0 Å². The molecule has 0 bridgehead atoms. The van der Waals surface area contributed by atoms with Crippen LogP contribution < -0.4 is 8.92 Å². The molecule has 0 saturated carbocycles. The Morgan fingerprint density at radius 2 is 1.80 bits per heavy atom. The van der Waals surface area contributed by atoms with Crippen molar-refractivity contribution in [2.24, 2.45) is 0 Å². The van der Waals surface area contributed by atoms with Crippen molar-refractivity contribution in [2.75, 3.05) is 13.2 Å². The highest BCUT2D eigenvalue weighted by molar-refractivity contribution is 7.87. The highest BCUT2D eigenvalue weighted by Crippen LogP contribution is 2.27. The van der Waals surface area contributed by atoms with Gasteiger partial charge in [0.25, 0.3) is 0 Å². The summed E-state index contributed by atoms with van der Waals surface area (Å²) >= 11 is 0. The molecule has 0 amide bonds. The zero-order chi connectivity index (χ0) is 18.4. The van der Waals surface area contributed by atoms with E-state index in [2.05, 4.69) is 0 Å². The van der Waals surface area contributed by atoms with E-state index in [0.29, 0.717) is 24.3 Å². The van der Waals surface area contributed by atoms with Crippen LogP contribution in [0.4, 0.5) is 0 Å². The van der Waals surface area contributed by atoms with Gasteiger partial charge in [0, 0.05) is 19.1 Å². The third-order valence-corrected chi connectivity index (χ3v) is 4.62. The summed E-state index contributed by atoms with van der Waals surface area (Å²) < 4.78 is 35.8. The molecule has 2 rings (SSSR count). The average molecular weight is 361 g/mol. The number of nitriles is 1. The second-order valence-electron chi connectivity index (χ2n) is 5.56. The number of rotatable bonds is 7. The van der Waals surface area contributed by atoms with Crippen LogP contribution in [-0.4, -0.2) is 26.7 Å². The zero-order valence-electron chi connectivity index (χ0n) is 14.0. The van der Waals surface area contributed by atoms with E-state index in [4.69, 9.17) is 19.3 Å². The highest BCUT2D eigenvalue weighted by Gasteiger charge is 2.22. The van der Waals surface area contributed by atoms with Gasteiger partial charge in [-0.2, -0.15) is 13.7 Å². The third-order valence-electron chi connectivity index (χ3n) is 3.33. The lowest BCUT2D eigenvalue weighted by Crippen LogP contribution is -2.12. The molecule has 0 atom stereocenters. The molecule has 0 aliphatic heterocycles. The number of aliphatic hydroxyl groups is 1. The van der Waals surface area contributed by atoms with Gasteiger partial charge in [-0.1, -0.05) is 6.07 Å². The van der Waals surface area contributed by atoms with Gasteiger partial charge in [-0.3, -0.25) is 0 Å². The van der Waals surface area contributed by atoms with Crippen molar-refractivity contribution in [3.05, 3.63) is 53.1 Å². The normalized spacial score (nSPS) is 11.0. The molecule has 0 radical (unpaired) electrons. The van der Waals surface area contributed by atoms with E-state index < -0.39 is 10.1 Å². The van der Waals surface area contributed by atoms with E-state index >= 15 is 0 Å². The molecule has 25 heavy (non-hydrogen) atoms. The van der Waals surface area contributed by atoms with Crippen molar-refractivity contribution in [2.45, 2.75) is 25.2 Å². The number of hydrogen-bond acceptors (Lipinski definition) is 6. The van der Waals surface area contributed by atoms with Crippen LogP contribution >= 0.6 is 0 Å². The summed E-state index contributed by atoms with van der Waals surface area (Å²) in [4.78, 5) is -0.167. The Kier molecular flexibility index (Phi) is 6.02. The van der Waals surface area contributed by atoms with Crippen LogP contribution in [0.5, 0.6) is 11.5 Å². The summed E-state index contributed by atoms with van der Waals surface area (Å²) in [5.74, 6) is 0.549. The molecule has 0 aromatic heterocycles. The first-order valence-electron chi connectivity index (χ1n) is 7.66. The molecule has 0 unspecified atom stereocenters. The monoisotopic (exact) mass is 361 g/mol. The van der Waals surface area contributed by atoms with Crippen molar-refractivity contribution in [3.63, 3.8) is 0 Å². The number of nitrogens with zero attached hydrogens (tertiary/aromatic N) is 1. The summed E-state index contributed by atoms with van der Waals surface area (Å²) in [6.45, 7) is 3.84. The minimum Gasteiger partial charge on any atom is -0.493 e. The molecule has 0 fully saturated rings. The van der Waals surface area contributed by atoms with Crippen molar-refractivity contribution < 1.29 is 22.4 Å². The van der Waals surface area contributed by atoms with Crippen LogP contribution in [0.2, 0.25) is 0 Å². The Morgan fingerprint density at radius 3 is 2.48 bits per heavy atom. The Labute approximate surface area is 147 Å². The topological polar surface area (TPSA) is 96.6 Å². The van der Waals surface area contributed by atoms with Crippen molar-refractivity contribution in [3.8, 4) is 17.6 Å². The van der Waals surface area contributed by atoms with Crippen LogP contribution in [0.25, 0.3) is 0 Å². The predicted octanol–water partition coefficient (Wildman–Crippen LogP) is 2.70. The van der Waals surface area contributed by atoms with E-state index in [-0.39, 0.29) is 22.8 Å². The first kappa shape index (κ1) is 18.8. The first-order valence-corrected chi connectivity index (χ1v) is 9.07. The van der Waals surface area contributed by atoms with Gasteiger partial charge in [0.15, 0.2) is 0 Å². The van der Waals surface area contributed by atoms with Gasteiger partial charge >= 0.3 is 10.1 Å². The fraction of sp³-hybridized carbons (Fsp3) is 0.278. The zero-order valence-corrected chi connectivity index (χ0v) is 14.8. The first-order chi connectivity index (χ1) is 11.9. The maximum atomic E-state index is 12.6. The molecule has 2 aromatic rings. The van der Waals surface area contributed by atoms with E-state index in [9.17, 15) is 8.42 Å². The minimum absolute atomic E-state index is 0.00778. The molecule has 1 N–H and O–H groups in total. The van der Waals surface area contributed by atoms with Gasteiger partial charge in [-0.05, 0) is 49.2 Å². The quantitative estimate of drug-likeness (QED) is 0.602. The molecule has 2 aromatic carbocycles. The fourth-order valence-corrected chi connectivity index (χ4v) is 3.35. The Balaban J connectivity index is 2.32. The Bertz CT molecular complexity index is 900. The van der Waals surface area contributed by atoms with Crippen LogP contribution in [0.1, 0.15) is 23.1 Å². The number of aryl methyl sites for hydroxylation is 2. The van der Waals surface area contributed by atoms with Crippen LogP contribution in [0.3, 0.4) is 0 Å². The molecule has 0 heterocycles. The SMILES string of the molecule is Cc1cc(OCCCO)cc(OS(=O)(=O)c2cc(C)ccc2C#N)c1. The van der Waals surface area contributed by atoms with Gasteiger partial charge in [-0.15, -0.1) is 0 Å². The molecule has 0 aliphatic carbocycles. The average Bonchev–Trinajstić information content (AvgIpc) is 2.54. The lowest BCUT2D eigenvalue weighted by atomic mass is 10.2. The molecule has 7 heteroatoms. The van der Waals surface area contributed by atoms with E-state index in [1.165, 1.54) is 18.2 Å². The predicted molar refractivity (Wildman–Crippen MR) is 92.1 cm³/mol. The lowest BCUT2D eigenvalue weighted by molar-refractivity contribution is 0.233. The van der Waals surface area contributed by atoms with E-state index in [1.54, 1.807) is 32.0 Å². The Morgan fingerprint density at radius 1 is 1.08 bits per heavy atom.